The monoisotopic (exact) mass is 392 g/mol. The number of halogens is 3. The largest absolute Gasteiger partial charge is 0.485 e. The van der Waals surface area contributed by atoms with Crippen LogP contribution in [0.25, 0.3) is 0 Å². The van der Waals surface area contributed by atoms with E-state index >= 15 is 0 Å². The van der Waals surface area contributed by atoms with Crippen molar-refractivity contribution in [3.05, 3.63) is 65.4 Å². The molecule has 2 aromatic heterocycles. The van der Waals surface area contributed by atoms with E-state index in [-0.39, 0.29) is 18.0 Å². The molecule has 0 aliphatic heterocycles. The summed E-state index contributed by atoms with van der Waals surface area (Å²) in [5.74, 6) is 0.591. The van der Waals surface area contributed by atoms with Crippen LogP contribution in [0.1, 0.15) is 34.7 Å². The number of hydrogen-bond donors (Lipinski definition) is 1. The maximum Gasteiger partial charge on any atom is 0.433 e. The lowest BCUT2D eigenvalue weighted by molar-refractivity contribution is -0.141. The summed E-state index contributed by atoms with van der Waals surface area (Å²) in [6, 6.07) is 9.34. The topological polar surface area (TPSA) is 90.1 Å². The molecule has 0 unspecified atom stereocenters. The Morgan fingerprint density at radius 1 is 1.14 bits per heavy atom. The second-order valence-corrected chi connectivity index (χ2v) is 5.63. The van der Waals surface area contributed by atoms with Gasteiger partial charge in [-0.1, -0.05) is 18.1 Å². The Morgan fingerprint density at radius 3 is 2.54 bits per heavy atom. The number of hydrogen-bond acceptors (Lipinski definition) is 6. The summed E-state index contributed by atoms with van der Waals surface area (Å²) in [5, 5.41) is 6.09. The lowest BCUT2D eigenvalue weighted by Crippen LogP contribution is -2.15. The summed E-state index contributed by atoms with van der Waals surface area (Å²) in [7, 11) is 0. The van der Waals surface area contributed by atoms with Gasteiger partial charge in [0.15, 0.2) is 6.61 Å². The summed E-state index contributed by atoms with van der Waals surface area (Å²) >= 11 is 0. The molecular weight excluding hydrogens is 377 g/mol. The van der Waals surface area contributed by atoms with E-state index in [9.17, 15) is 18.0 Å². The molecule has 1 amide bonds. The predicted molar refractivity (Wildman–Crippen MR) is 91.6 cm³/mol. The average molecular weight is 392 g/mol. The van der Waals surface area contributed by atoms with Crippen molar-refractivity contribution in [2.45, 2.75) is 26.1 Å². The third-order valence-corrected chi connectivity index (χ3v) is 3.58. The number of nitrogens with one attached hydrogen (secondary N) is 1. The highest BCUT2D eigenvalue weighted by Crippen LogP contribution is 2.28. The number of amides is 1. The van der Waals surface area contributed by atoms with Gasteiger partial charge in [0.1, 0.15) is 17.3 Å². The van der Waals surface area contributed by atoms with E-state index in [1.54, 1.807) is 12.1 Å². The third kappa shape index (κ3) is 4.84. The summed E-state index contributed by atoms with van der Waals surface area (Å²) in [5.41, 5.74) is -0.846. The Balaban J connectivity index is 1.60. The van der Waals surface area contributed by atoms with Crippen LogP contribution in [0.2, 0.25) is 0 Å². The van der Waals surface area contributed by atoms with Crippen LogP contribution in [-0.2, 0) is 19.2 Å². The van der Waals surface area contributed by atoms with E-state index in [4.69, 9.17) is 9.26 Å². The van der Waals surface area contributed by atoms with Crippen molar-refractivity contribution in [2.24, 2.45) is 0 Å². The molecule has 0 aliphatic rings. The standard InChI is InChI=1S/C18H15F3N4O3/c1-2-16-23-15(25-28-16)10-27-12-8-6-11(7-9-12)17(26)24-14-5-3-4-13(22-14)18(19,20)21/h3-9H,2,10H2,1H3,(H,22,24,26). The van der Waals surface area contributed by atoms with Gasteiger partial charge < -0.3 is 14.6 Å². The second kappa shape index (κ2) is 8.07. The Labute approximate surface area is 157 Å². The number of aryl methyl sites for hydroxylation is 1. The molecule has 1 N–H and O–H groups in total. The van der Waals surface area contributed by atoms with Gasteiger partial charge in [-0.15, -0.1) is 0 Å². The molecule has 146 valence electrons. The molecule has 0 fully saturated rings. The number of alkyl halides is 3. The van der Waals surface area contributed by atoms with E-state index < -0.39 is 17.8 Å². The maximum atomic E-state index is 12.7. The summed E-state index contributed by atoms with van der Waals surface area (Å²) in [4.78, 5) is 19.7. The van der Waals surface area contributed by atoms with Gasteiger partial charge in [0, 0.05) is 12.0 Å². The van der Waals surface area contributed by atoms with Crippen molar-refractivity contribution in [3.63, 3.8) is 0 Å². The SMILES string of the molecule is CCc1nc(COc2ccc(C(=O)Nc3cccc(C(F)(F)F)n3)cc2)no1. The van der Waals surface area contributed by atoms with Crippen LogP contribution in [0.4, 0.5) is 19.0 Å². The number of anilines is 1. The highest BCUT2D eigenvalue weighted by Gasteiger charge is 2.32. The molecule has 3 rings (SSSR count). The highest BCUT2D eigenvalue weighted by atomic mass is 19.4. The van der Waals surface area contributed by atoms with E-state index in [2.05, 4.69) is 20.4 Å². The van der Waals surface area contributed by atoms with Gasteiger partial charge in [0.05, 0.1) is 0 Å². The zero-order valence-corrected chi connectivity index (χ0v) is 14.7. The molecule has 1 aromatic carbocycles. The van der Waals surface area contributed by atoms with Gasteiger partial charge in [0.25, 0.3) is 5.91 Å². The number of aromatic nitrogens is 3. The Bertz CT molecular complexity index is 955. The molecule has 0 atom stereocenters. The maximum absolute atomic E-state index is 12.7. The van der Waals surface area contributed by atoms with Gasteiger partial charge in [-0.05, 0) is 36.4 Å². The number of carbonyl (C=O) groups is 1. The minimum atomic E-state index is -4.59. The molecule has 28 heavy (non-hydrogen) atoms. The number of ether oxygens (including phenoxy) is 1. The molecule has 2 heterocycles. The van der Waals surface area contributed by atoms with Gasteiger partial charge in [-0.2, -0.15) is 18.2 Å². The first-order valence-corrected chi connectivity index (χ1v) is 8.25. The summed E-state index contributed by atoms with van der Waals surface area (Å²) in [6.07, 6.45) is -3.96. The van der Waals surface area contributed by atoms with E-state index in [1.807, 2.05) is 6.92 Å². The second-order valence-electron chi connectivity index (χ2n) is 5.63. The average Bonchev–Trinajstić information content (AvgIpc) is 3.14. The molecule has 0 bridgehead atoms. The smallest absolute Gasteiger partial charge is 0.433 e. The molecule has 0 saturated carbocycles. The first kappa shape index (κ1) is 19.3. The van der Waals surface area contributed by atoms with Crippen molar-refractivity contribution in [2.75, 3.05) is 5.32 Å². The highest BCUT2D eigenvalue weighted by molar-refractivity contribution is 6.03. The molecule has 0 aliphatic carbocycles. The molecule has 0 spiro atoms. The third-order valence-electron chi connectivity index (χ3n) is 3.58. The van der Waals surface area contributed by atoms with Crippen molar-refractivity contribution >= 4 is 11.7 Å². The first-order chi connectivity index (χ1) is 13.3. The van der Waals surface area contributed by atoms with E-state index in [0.29, 0.717) is 23.9 Å². The Morgan fingerprint density at radius 2 is 1.89 bits per heavy atom. The number of rotatable bonds is 6. The summed E-state index contributed by atoms with van der Waals surface area (Å²) in [6.45, 7) is 1.99. The van der Waals surface area contributed by atoms with Crippen molar-refractivity contribution in [1.82, 2.24) is 15.1 Å². The molecule has 7 nitrogen and oxygen atoms in total. The van der Waals surface area contributed by atoms with E-state index in [1.165, 1.54) is 24.3 Å². The number of carbonyl (C=O) groups excluding carboxylic acids is 1. The van der Waals surface area contributed by atoms with Crippen molar-refractivity contribution in [3.8, 4) is 5.75 Å². The summed E-state index contributed by atoms with van der Waals surface area (Å²) < 4.78 is 48.5. The van der Waals surface area contributed by atoms with Crippen LogP contribution in [0.5, 0.6) is 5.75 Å². The van der Waals surface area contributed by atoms with Crippen molar-refractivity contribution < 1.29 is 27.2 Å². The molecule has 3 aromatic rings. The normalized spacial score (nSPS) is 11.3. The number of nitrogens with zero attached hydrogens (tertiary/aromatic N) is 3. The molecule has 0 radical (unpaired) electrons. The first-order valence-electron chi connectivity index (χ1n) is 8.25. The Kier molecular flexibility index (Phi) is 5.57. The van der Waals surface area contributed by atoms with Gasteiger partial charge >= 0.3 is 6.18 Å². The molecular formula is C18H15F3N4O3. The van der Waals surface area contributed by atoms with Gasteiger partial charge in [0.2, 0.25) is 11.7 Å². The van der Waals surface area contributed by atoms with Crippen LogP contribution in [0.3, 0.4) is 0 Å². The van der Waals surface area contributed by atoms with Crippen LogP contribution in [0.15, 0.2) is 47.0 Å². The van der Waals surface area contributed by atoms with Crippen molar-refractivity contribution in [1.29, 1.82) is 0 Å². The van der Waals surface area contributed by atoms with Crippen LogP contribution in [-0.4, -0.2) is 21.0 Å². The van der Waals surface area contributed by atoms with Gasteiger partial charge in [-0.25, -0.2) is 4.98 Å². The molecule has 10 heteroatoms. The zero-order valence-electron chi connectivity index (χ0n) is 14.7. The fourth-order valence-corrected chi connectivity index (χ4v) is 2.19. The zero-order chi connectivity index (χ0) is 20.1. The van der Waals surface area contributed by atoms with Crippen LogP contribution < -0.4 is 10.1 Å². The number of pyridine rings is 1. The van der Waals surface area contributed by atoms with E-state index in [0.717, 1.165) is 6.07 Å². The minimum Gasteiger partial charge on any atom is -0.485 e. The predicted octanol–water partition coefficient (Wildman–Crippen LogP) is 3.88. The quantitative estimate of drug-likeness (QED) is 0.685. The fourth-order valence-electron chi connectivity index (χ4n) is 2.19. The van der Waals surface area contributed by atoms with Crippen LogP contribution >= 0.6 is 0 Å². The fraction of sp³-hybridized carbons (Fsp3) is 0.222. The number of benzene rings is 1. The lowest BCUT2D eigenvalue weighted by atomic mass is 10.2. The lowest BCUT2D eigenvalue weighted by Gasteiger charge is -2.09. The van der Waals surface area contributed by atoms with Crippen LogP contribution in [0, 0.1) is 0 Å². The van der Waals surface area contributed by atoms with Gasteiger partial charge in [-0.3, -0.25) is 4.79 Å². The molecule has 0 saturated heterocycles. The Hall–Kier alpha value is -3.43. The minimum absolute atomic E-state index is 0.100.